The molecular formula is C42H54O5S. The van der Waals surface area contributed by atoms with E-state index in [0.717, 1.165) is 58.6 Å². The molecular weight excluding hydrogens is 617 g/mol. The number of allylic oxidation sites excluding steroid dienone is 4. The van der Waals surface area contributed by atoms with Crippen LogP contribution in [-0.2, 0) is 27.7 Å². The number of ether oxygens (including phenoxy) is 2. The molecule has 0 aliphatic carbocycles. The predicted octanol–water partition coefficient (Wildman–Crippen LogP) is 10.0. The Hall–Kier alpha value is -3.64. The summed E-state index contributed by atoms with van der Waals surface area (Å²) in [5, 5.41) is -1.21. The zero-order valence-corrected chi connectivity index (χ0v) is 31.0. The van der Waals surface area contributed by atoms with Crippen LogP contribution in [0.1, 0.15) is 94.5 Å². The molecule has 3 aromatic carbocycles. The molecule has 0 bridgehead atoms. The molecule has 258 valence electrons. The molecule has 6 heteroatoms. The van der Waals surface area contributed by atoms with Crippen LogP contribution in [0.3, 0.4) is 0 Å². The fourth-order valence-electron chi connectivity index (χ4n) is 6.73. The second-order valence-corrected chi connectivity index (χ2v) is 16.3. The molecule has 3 aromatic rings. The van der Waals surface area contributed by atoms with Crippen LogP contribution in [0.5, 0.6) is 11.5 Å². The lowest BCUT2D eigenvalue weighted by molar-refractivity contribution is -0.123. The average molecular weight is 671 g/mol. The highest BCUT2D eigenvalue weighted by molar-refractivity contribution is 7.92. The highest BCUT2D eigenvalue weighted by Gasteiger charge is 2.43. The van der Waals surface area contributed by atoms with Crippen molar-refractivity contribution in [3.63, 3.8) is 0 Å². The summed E-state index contributed by atoms with van der Waals surface area (Å²) >= 11 is 0. The lowest BCUT2D eigenvalue weighted by Gasteiger charge is -2.38. The molecule has 0 saturated carbocycles. The van der Waals surface area contributed by atoms with Crippen LogP contribution in [0.4, 0.5) is 0 Å². The molecule has 0 radical (unpaired) electrons. The van der Waals surface area contributed by atoms with Crippen molar-refractivity contribution in [3.05, 3.63) is 112 Å². The summed E-state index contributed by atoms with van der Waals surface area (Å²) in [5.74, 6) is 1.31. The Balaban J connectivity index is 1.56. The lowest BCUT2D eigenvalue weighted by atomic mass is 9.83. The molecule has 1 aliphatic heterocycles. The molecule has 1 heterocycles. The van der Waals surface area contributed by atoms with Crippen molar-refractivity contribution in [2.75, 3.05) is 0 Å². The Kier molecular flexibility index (Phi) is 12.5. The minimum Gasteiger partial charge on any atom is -0.488 e. The van der Waals surface area contributed by atoms with Gasteiger partial charge in [-0.25, -0.2) is 8.42 Å². The Morgan fingerprint density at radius 3 is 2.25 bits per heavy atom. The Labute approximate surface area is 289 Å². The average Bonchev–Trinajstić information content (AvgIpc) is 3.04. The molecule has 0 fully saturated rings. The van der Waals surface area contributed by atoms with Gasteiger partial charge in [-0.05, 0) is 120 Å². The molecule has 0 spiro atoms. The molecule has 4 rings (SSSR count). The third kappa shape index (κ3) is 9.07. The Bertz CT molecular complexity index is 1720. The minimum absolute atomic E-state index is 0.00422. The fraction of sp³-hybridized carbons (Fsp3) is 0.452. The number of fused-ring (bicyclic) bond motifs is 1. The number of carbonyl (C=O) groups excluding carboxylic acids is 1. The largest absolute Gasteiger partial charge is 0.488 e. The normalized spacial score (nSPS) is 18.0. The Morgan fingerprint density at radius 1 is 0.958 bits per heavy atom. The van der Waals surface area contributed by atoms with Crippen molar-refractivity contribution in [1.82, 2.24) is 0 Å². The van der Waals surface area contributed by atoms with Crippen LogP contribution >= 0.6 is 0 Å². The first kappa shape index (κ1) is 37.2. The summed E-state index contributed by atoms with van der Waals surface area (Å²) in [6.07, 6.45) is 10.5. The number of carbonyl (C=O) groups is 1. The summed E-state index contributed by atoms with van der Waals surface area (Å²) < 4.78 is 41.2. The smallest absolute Gasteiger partial charge is 0.188 e. The molecule has 0 N–H and O–H groups in total. The number of benzene rings is 3. The van der Waals surface area contributed by atoms with Crippen molar-refractivity contribution in [1.29, 1.82) is 0 Å². The Morgan fingerprint density at radius 2 is 1.60 bits per heavy atom. The number of Topliss-reactive ketones (excluding diaryl/α,β-unsaturated/α-hetero) is 1. The van der Waals surface area contributed by atoms with Gasteiger partial charge in [0.25, 0.3) is 0 Å². The summed E-state index contributed by atoms with van der Waals surface area (Å²) in [4.78, 5) is 14.4. The van der Waals surface area contributed by atoms with E-state index in [9.17, 15) is 13.2 Å². The van der Waals surface area contributed by atoms with E-state index in [1.165, 1.54) is 5.57 Å². The van der Waals surface area contributed by atoms with Crippen LogP contribution < -0.4 is 9.47 Å². The summed E-state index contributed by atoms with van der Waals surface area (Å²) in [6, 6.07) is 18.5. The fourth-order valence-corrected chi connectivity index (χ4v) is 8.64. The SMILES string of the molecule is CC(C)=CCC[C@@H](C)C/C=C/[C@@H](C)C(C(=O)C[C@]1(C)CCc2c(C)c(OCc3ccccc3)c(C)c(C)c2O1)S(=O)(=O)c1ccccc1. The molecule has 0 aromatic heterocycles. The van der Waals surface area contributed by atoms with Gasteiger partial charge in [-0.2, -0.15) is 0 Å². The van der Waals surface area contributed by atoms with Crippen LogP contribution in [-0.4, -0.2) is 25.1 Å². The maximum absolute atomic E-state index is 14.3. The van der Waals surface area contributed by atoms with Crippen molar-refractivity contribution >= 4 is 15.6 Å². The second-order valence-electron chi connectivity index (χ2n) is 14.2. The van der Waals surface area contributed by atoms with E-state index in [2.05, 4.69) is 52.0 Å². The third-order valence-corrected chi connectivity index (χ3v) is 12.0. The van der Waals surface area contributed by atoms with Crippen LogP contribution in [0.25, 0.3) is 0 Å². The minimum atomic E-state index is -3.95. The zero-order valence-electron chi connectivity index (χ0n) is 30.1. The van der Waals surface area contributed by atoms with E-state index in [1.807, 2.05) is 52.0 Å². The maximum atomic E-state index is 14.3. The standard InChI is InChI=1S/C42H54O5S/c1-29(2)17-15-18-30(3)19-16-20-31(4)41(48(44,45)36-23-13-10-14-24-36)38(43)27-42(8)26-25-37-34(7)39(32(5)33(6)40(37)47-42)46-28-35-21-11-9-12-22-35/h9-14,16-17,20-24,30-31,41H,15,18-19,25-28H2,1-8H3/b20-16+/t30-,31-,41?,42+/m1/s1. The molecule has 5 nitrogen and oxygen atoms in total. The van der Waals surface area contributed by atoms with E-state index >= 15 is 0 Å². The van der Waals surface area contributed by atoms with Gasteiger partial charge in [-0.3, -0.25) is 4.79 Å². The zero-order chi connectivity index (χ0) is 35.1. The number of hydrogen-bond donors (Lipinski definition) is 0. The molecule has 0 amide bonds. The predicted molar refractivity (Wildman–Crippen MR) is 197 cm³/mol. The molecule has 48 heavy (non-hydrogen) atoms. The van der Waals surface area contributed by atoms with Gasteiger partial charge >= 0.3 is 0 Å². The highest BCUT2D eigenvalue weighted by atomic mass is 32.2. The van der Waals surface area contributed by atoms with Crippen LogP contribution in [0.2, 0.25) is 0 Å². The molecule has 1 unspecified atom stereocenters. The third-order valence-electron chi connectivity index (χ3n) is 9.73. The van der Waals surface area contributed by atoms with Crippen LogP contribution in [0, 0.1) is 32.6 Å². The lowest BCUT2D eigenvalue weighted by Crippen LogP contribution is -2.44. The number of ketones is 1. The van der Waals surface area contributed by atoms with E-state index in [-0.39, 0.29) is 17.1 Å². The number of hydrogen-bond acceptors (Lipinski definition) is 5. The van der Waals surface area contributed by atoms with Crippen molar-refractivity contribution in [2.24, 2.45) is 11.8 Å². The van der Waals surface area contributed by atoms with E-state index in [4.69, 9.17) is 9.47 Å². The van der Waals surface area contributed by atoms with Gasteiger partial charge in [-0.15, -0.1) is 0 Å². The van der Waals surface area contributed by atoms with Crippen molar-refractivity contribution < 1.29 is 22.7 Å². The van der Waals surface area contributed by atoms with E-state index in [1.54, 1.807) is 30.3 Å². The van der Waals surface area contributed by atoms with Gasteiger partial charge in [0.2, 0.25) is 0 Å². The van der Waals surface area contributed by atoms with Gasteiger partial charge in [-0.1, -0.05) is 86.2 Å². The first-order chi connectivity index (χ1) is 22.7. The number of rotatable bonds is 15. The van der Waals surface area contributed by atoms with Gasteiger partial charge in [0.05, 0.1) is 4.90 Å². The van der Waals surface area contributed by atoms with Gasteiger partial charge in [0.15, 0.2) is 15.6 Å². The quantitative estimate of drug-likeness (QED) is 0.151. The first-order valence-electron chi connectivity index (χ1n) is 17.3. The van der Waals surface area contributed by atoms with Gasteiger partial charge in [0, 0.05) is 12.0 Å². The number of sulfone groups is 1. The molecule has 4 atom stereocenters. The van der Waals surface area contributed by atoms with E-state index < -0.39 is 26.6 Å². The summed E-state index contributed by atoms with van der Waals surface area (Å²) in [6.45, 7) is 16.8. The highest BCUT2D eigenvalue weighted by Crippen LogP contribution is 2.45. The molecule has 0 saturated heterocycles. The van der Waals surface area contributed by atoms with E-state index in [0.29, 0.717) is 25.4 Å². The van der Waals surface area contributed by atoms with Crippen LogP contribution in [0.15, 0.2) is 89.4 Å². The maximum Gasteiger partial charge on any atom is 0.188 e. The van der Waals surface area contributed by atoms with Crippen molar-refractivity contribution in [3.8, 4) is 11.5 Å². The summed E-state index contributed by atoms with van der Waals surface area (Å²) in [7, 11) is -3.95. The van der Waals surface area contributed by atoms with Crippen molar-refractivity contribution in [2.45, 2.75) is 116 Å². The monoisotopic (exact) mass is 670 g/mol. The second kappa shape index (κ2) is 16.2. The molecule has 1 aliphatic rings. The topological polar surface area (TPSA) is 69.7 Å². The van der Waals surface area contributed by atoms with Gasteiger partial charge < -0.3 is 9.47 Å². The summed E-state index contributed by atoms with van der Waals surface area (Å²) in [5.41, 5.74) is 5.72. The van der Waals surface area contributed by atoms with Gasteiger partial charge in [0.1, 0.15) is 29.0 Å². The first-order valence-corrected chi connectivity index (χ1v) is 18.9.